The Hall–Kier alpha value is -2.49. The minimum absolute atomic E-state index is 0.136. The molecule has 0 radical (unpaired) electrons. The summed E-state index contributed by atoms with van der Waals surface area (Å²) in [5.74, 6) is -5.84. The number of aliphatic carboxylic acids is 2. The number of hydrogen-bond donors (Lipinski definition) is 2. The molecular weight excluding hydrogens is 300 g/mol. The van der Waals surface area contributed by atoms with Crippen molar-refractivity contribution in [2.24, 2.45) is 0 Å². The summed E-state index contributed by atoms with van der Waals surface area (Å²) < 4.78 is 0. The van der Waals surface area contributed by atoms with E-state index in [1.54, 1.807) is 0 Å². The van der Waals surface area contributed by atoms with Gasteiger partial charge in [-0.2, -0.15) is 0 Å². The zero-order valence-electron chi connectivity index (χ0n) is 12.1. The highest BCUT2D eigenvalue weighted by Gasteiger charge is 2.52. The van der Waals surface area contributed by atoms with Crippen LogP contribution in [0.5, 0.6) is 0 Å². The van der Waals surface area contributed by atoms with E-state index in [9.17, 15) is 29.1 Å². The fourth-order valence-corrected chi connectivity index (χ4v) is 2.00. The van der Waals surface area contributed by atoms with Crippen LogP contribution in [0.4, 0.5) is 0 Å². The van der Waals surface area contributed by atoms with Crippen LogP contribution in [-0.4, -0.2) is 69.5 Å². The minimum Gasteiger partial charge on any atom is -0.481 e. The van der Waals surface area contributed by atoms with Gasteiger partial charge in [0.25, 0.3) is 11.8 Å². The molecule has 1 aliphatic heterocycles. The summed E-state index contributed by atoms with van der Waals surface area (Å²) in [6, 6.07) is 0. The van der Waals surface area contributed by atoms with Crippen molar-refractivity contribution in [3.8, 4) is 0 Å². The molecule has 1 atom stereocenters. The maximum absolute atomic E-state index is 12.2. The Morgan fingerprint density at radius 1 is 1.18 bits per heavy atom. The van der Waals surface area contributed by atoms with E-state index in [0.29, 0.717) is 0 Å². The smallest absolute Gasteiger partial charge is 0.364 e. The molecule has 0 aromatic heterocycles. The number of rotatable bonds is 7. The van der Waals surface area contributed by atoms with Crippen LogP contribution < -0.4 is 0 Å². The fraction of sp³-hybridized carbons (Fsp3) is 0.583. The van der Waals surface area contributed by atoms with Crippen LogP contribution in [0.15, 0.2) is 0 Å². The predicted molar refractivity (Wildman–Crippen MR) is 68.1 cm³/mol. The highest BCUT2D eigenvalue weighted by Crippen LogP contribution is 2.24. The summed E-state index contributed by atoms with van der Waals surface area (Å²) in [6.45, 7) is 0. The molecule has 1 saturated heterocycles. The van der Waals surface area contributed by atoms with Crippen molar-refractivity contribution in [2.45, 2.75) is 31.2 Å². The van der Waals surface area contributed by atoms with Gasteiger partial charge in [-0.05, 0) is 20.5 Å². The highest BCUT2D eigenvalue weighted by atomic mass is 16.7. The van der Waals surface area contributed by atoms with Crippen molar-refractivity contribution in [3.05, 3.63) is 0 Å². The first kappa shape index (κ1) is 17.6. The molecule has 0 aromatic carbocycles. The van der Waals surface area contributed by atoms with Crippen LogP contribution in [0.25, 0.3) is 0 Å². The molecule has 2 N–H and O–H groups in total. The van der Waals surface area contributed by atoms with Gasteiger partial charge in [0, 0.05) is 19.3 Å². The lowest BCUT2D eigenvalue weighted by molar-refractivity contribution is -0.208. The maximum atomic E-state index is 12.2. The Bertz CT molecular complexity index is 513. The van der Waals surface area contributed by atoms with Gasteiger partial charge in [0.05, 0.1) is 0 Å². The first-order valence-corrected chi connectivity index (χ1v) is 6.33. The zero-order valence-corrected chi connectivity index (χ0v) is 12.1. The van der Waals surface area contributed by atoms with Gasteiger partial charge in [0.15, 0.2) is 0 Å². The van der Waals surface area contributed by atoms with Gasteiger partial charge in [-0.1, -0.05) is 0 Å². The number of likely N-dealkylation sites (N-methyl/N-ethyl adjacent to an activating group) is 1. The standard InChI is InChI=1S/C12H16N2O8/c1-13(2)12(10(19)20,6-5-9(17)18)11(21)22-14-7(15)3-4-8(14)16/h3-6H2,1-2H3,(H,17,18)(H,19,20)/t12-/m0/s1. The van der Waals surface area contributed by atoms with E-state index in [1.165, 1.54) is 14.1 Å². The quantitative estimate of drug-likeness (QED) is 0.439. The molecule has 1 fully saturated rings. The molecule has 0 aliphatic carbocycles. The molecule has 10 heteroatoms. The van der Waals surface area contributed by atoms with Crippen LogP contribution in [0.1, 0.15) is 25.7 Å². The molecule has 0 saturated carbocycles. The van der Waals surface area contributed by atoms with Crippen molar-refractivity contribution in [2.75, 3.05) is 14.1 Å². The van der Waals surface area contributed by atoms with Crippen LogP contribution in [-0.2, 0) is 28.8 Å². The summed E-state index contributed by atoms with van der Waals surface area (Å²) >= 11 is 0. The monoisotopic (exact) mass is 316 g/mol. The SMILES string of the molecule is CN(C)[C@@](CCC(=O)O)(C(=O)O)C(=O)ON1C(=O)CCC1=O. The second-order valence-electron chi connectivity index (χ2n) is 4.91. The molecule has 1 heterocycles. The first-order valence-electron chi connectivity index (χ1n) is 6.33. The van der Waals surface area contributed by atoms with Crippen molar-refractivity contribution in [1.29, 1.82) is 0 Å². The Labute approximate surface area is 125 Å². The molecule has 10 nitrogen and oxygen atoms in total. The van der Waals surface area contributed by atoms with E-state index >= 15 is 0 Å². The van der Waals surface area contributed by atoms with E-state index in [1.807, 2.05) is 0 Å². The summed E-state index contributed by atoms with van der Waals surface area (Å²) in [6.07, 6.45) is -1.46. The number of hydroxylamine groups is 2. The third kappa shape index (κ3) is 3.22. The average Bonchev–Trinajstić information content (AvgIpc) is 2.70. The molecule has 1 rings (SSSR count). The summed E-state index contributed by atoms with van der Waals surface area (Å²) in [5.41, 5.74) is -2.32. The minimum atomic E-state index is -2.32. The number of carboxylic acid groups (broad SMARTS) is 2. The topological polar surface area (TPSA) is 142 Å². The molecule has 122 valence electrons. The number of carbonyl (C=O) groups is 5. The number of nitrogens with zero attached hydrogens (tertiary/aromatic N) is 2. The van der Waals surface area contributed by atoms with Gasteiger partial charge in [-0.15, -0.1) is 5.06 Å². The predicted octanol–water partition coefficient (Wildman–Crippen LogP) is -1.16. The van der Waals surface area contributed by atoms with Gasteiger partial charge in [0.2, 0.25) is 5.54 Å². The molecule has 0 spiro atoms. The van der Waals surface area contributed by atoms with Crippen molar-refractivity contribution < 1.29 is 39.0 Å². The number of amides is 2. The lowest BCUT2D eigenvalue weighted by Gasteiger charge is -2.33. The van der Waals surface area contributed by atoms with Crippen LogP contribution in [0.2, 0.25) is 0 Å². The van der Waals surface area contributed by atoms with Gasteiger partial charge >= 0.3 is 17.9 Å². The summed E-state index contributed by atoms with van der Waals surface area (Å²) in [5, 5.41) is 18.3. The van der Waals surface area contributed by atoms with E-state index in [-0.39, 0.29) is 17.9 Å². The van der Waals surface area contributed by atoms with Crippen LogP contribution in [0.3, 0.4) is 0 Å². The zero-order chi connectivity index (χ0) is 17.1. The van der Waals surface area contributed by atoms with E-state index in [4.69, 9.17) is 5.11 Å². The number of imide groups is 1. The second kappa shape index (κ2) is 6.52. The first-order chi connectivity index (χ1) is 10.1. The maximum Gasteiger partial charge on any atom is 0.364 e. The normalized spacial score (nSPS) is 17.5. The van der Waals surface area contributed by atoms with Crippen molar-refractivity contribution in [1.82, 2.24) is 9.96 Å². The summed E-state index contributed by atoms with van der Waals surface area (Å²) in [7, 11) is 2.51. The lowest BCUT2D eigenvalue weighted by Crippen LogP contribution is -2.59. The molecule has 2 amide bonds. The molecule has 1 aliphatic rings. The fourth-order valence-electron chi connectivity index (χ4n) is 2.00. The molecule has 0 unspecified atom stereocenters. The van der Waals surface area contributed by atoms with Crippen molar-refractivity contribution in [3.63, 3.8) is 0 Å². The number of carboxylic acids is 2. The third-order valence-corrected chi connectivity index (χ3v) is 3.34. The Morgan fingerprint density at radius 2 is 1.68 bits per heavy atom. The van der Waals surface area contributed by atoms with E-state index in [0.717, 1.165) is 4.90 Å². The highest BCUT2D eigenvalue weighted by molar-refractivity contribution is 6.07. The van der Waals surface area contributed by atoms with E-state index < -0.39 is 48.1 Å². The van der Waals surface area contributed by atoms with Gasteiger partial charge < -0.3 is 15.1 Å². The van der Waals surface area contributed by atoms with Crippen LogP contribution >= 0.6 is 0 Å². The number of carbonyl (C=O) groups excluding carboxylic acids is 3. The van der Waals surface area contributed by atoms with E-state index in [2.05, 4.69) is 4.84 Å². The molecule has 0 bridgehead atoms. The Balaban J connectivity index is 3.06. The molecule has 22 heavy (non-hydrogen) atoms. The van der Waals surface area contributed by atoms with Crippen molar-refractivity contribution >= 4 is 29.7 Å². The Kier molecular flexibility index (Phi) is 5.20. The second-order valence-corrected chi connectivity index (χ2v) is 4.91. The summed E-state index contributed by atoms with van der Waals surface area (Å²) in [4.78, 5) is 62.9. The molecule has 0 aromatic rings. The van der Waals surface area contributed by atoms with Gasteiger partial charge in [-0.25, -0.2) is 9.59 Å². The van der Waals surface area contributed by atoms with Crippen LogP contribution in [0, 0.1) is 0 Å². The average molecular weight is 316 g/mol. The Morgan fingerprint density at radius 3 is 2.05 bits per heavy atom. The lowest BCUT2D eigenvalue weighted by atomic mass is 9.92. The number of hydrogen-bond acceptors (Lipinski definition) is 7. The van der Waals surface area contributed by atoms with Gasteiger partial charge in [-0.3, -0.25) is 19.3 Å². The largest absolute Gasteiger partial charge is 0.481 e. The molecular formula is C12H16N2O8. The van der Waals surface area contributed by atoms with Gasteiger partial charge in [0.1, 0.15) is 0 Å². The third-order valence-electron chi connectivity index (χ3n) is 3.34.